The van der Waals surface area contributed by atoms with Gasteiger partial charge in [0.25, 0.3) is 0 Å². The van der Waals surface area contributed by atoms with E-state index in [-0.39, 0.29) is 12.0 Å². The first-order valence-corrected chi connectivity index (χ1v) is 7.35. The summed E-state index contributed by atoms with van der Waals surface area (Å²) in [5.41, 5.74) is 2.77. The zero-order valence-corrected chi connectivity index (χ0v) is 13.7. The molecule has 0 aliphatic rings. The van der Waals surface area contributed by atoms with Crippen molar-refractivity contribution in [3.05, 3.63) is 57.1 Å². The first-order valence-electron chi connectivity index (χ1n) is 6.56. The summed E-state index contributed by atoms with van der Waals surface area (Å²) in [6, 6.07) is 4.62. The smallest absolute Gasteiger partial charge is 0.130 e. The van der Waals surface area contributed by atoms with Crippen molar-refractivity contribution < 1.29 is 14.2 Å². The summed E-state index contributed by atoms with van der Waals surface area (Å²) in [6.07, 6.45) is 0.990. The summed E-state index contributed by atoms with van der Waals surface area (Å²) in [7, 11) is 1.60. The minimum Gasteiger partial charge on any atom is -0.496 e. The summed E-state index contributed by atoms with van der Waals surface area (Å²) in [6.45, 7) is 3.80. The molecule has 1 aromatic heterocycles. The highest BCUT2D eigenvalue weighted by atomic mass is 79.9. The number of hydrogen-bond acceptors (Lipinski definition) is 3. The van der Waals surface area contributed by atoms with E-state index in [0.29, 0.717) is 10.2 Å². The lowest BCUT2D eigenvalue weighted by molar-refractivity contribution is 0.172. The Morgan fingerprint density at radius 2 is 2.10 bits per heavy atom. The minimum atomic E-state index is -0.947. The van der Waals surface area contributed by atoms with E-state index in [1.54, 1.807) is 25.4 Å². The molecule has 1 aromatic carbocycles. The predicted octanol–water partition coefficient (Wildman–Crippen LogP) is 3.88. The lowest BCUT2D eigenvalue weighted by Crippen LogP contribution is -2.08. The van der Waals surface area contributed by atoms with E-state index in [0.717, 1.165) is 16.9 Å². The van der Waals surface area contributed by atoms with E-state index in [2.05, 4.69) is 20.9 Å². The summed E-state index contributed by atoms with van der Waals surface area (Å²) in [5, 5.41) is 10.3. The third-order valence-corrected chi connectivity index (χ3v) is 3.95. The number of hydrogen-bond donors (Lipinski definition) is 1. The second-order valence-electron chi connectivity index (χ2n) is 4.93. The van der Waals surface area contributed by atoms with Crippen LogP contribution < -0.4 is 4.74 Å². The SMILES string of the molecule is COc1c(C)cnc(CC(O)c2ccc(Br)cc2F)c1C. The first kappa shape index (κ1) is 15.9. The molecule has 0 aliphatic carbocycles. The molecule has 0 spiro atoms. The van der Waals surface area contributed by atoms with Crippen LogP contribution in [0.2, 0.25) is 0 Å². The van der Waals surface area contributed by atoms with E-state index < -0.39 is 11.9 Å². The number of ether oxygens (including phenoxy) is 1. The van der Waals surface area contributed by atoms with Crippen molar-refractivity contribution in [3.63, 3.8) is 0 Å². The van der Waals surface area contributed by atoms with Gasteiger partial charge in [0, 0.05) is 39.5 Å². The maximum Gasteiger partial charge on any atom is 0.130 e. The Morgan fingerprint density at radius 1 is 1.38 bits per heavy atom. The number of aromatic nitrogens is 1. The maximum atomic E-state index is 13.9. The Balaban J connectivity index is 2.29. The Kier molecular flexibility index (Phi) is 4.96. The molecule has 1 heterocycles. The van der Waals surface area contributed by atoms with Crippen LogP contribution in [0, 0.1) is 19.7 Å². The molecule has 0 saturated heterocycles. The molecule has 0 amide bonds. The van der Waals surface area contributed by atoms with Crippen LogP contribution in [-0.2, 0) is 6.42 Å². The van der Waals surface area contributed by atoms with E-state index in [9.17, 15) is 9.50 Å². The van der Waals surface area contributed by atoms with Gasteiger partial charge in [-0.2, -0.15) is 0 Å². The zero-order valence-electron chi connectivity index (χ0n) is 12.2. The van der Waals surface area contributed by atoms with E-state index in [1.807, 2.05) is 13.8 Å². The lowest BCUT2D eigenvalue weighted by atomic mass is 10.0. The van der Waals surface area contributed by atoms with E-state index in [1.165, 1.54) is 6.07 Å². The summed E-state index contributed by atoms with van der Waals surface area (Å²) < 4.78 is 19.9. The third kappa shape index (κ3) is 3.41. The molecule has 0 bridgehead atoms. The molecule has 1 unspecified atom stereocenters. The topological polar surface area (TPSA) is 42.4 Å². The Labute approximate surface area is 131 Å². The molecule has 0 fully saturated rings. The van der Waals surface area contributed by atoms with Gasteiger partial charge in [-0.25, -0.2) is 4.39 Å². The van der Waals surface area contributed by atoms with Crippen LogP contribution in [0.3, 0.4) is 0 Å². The number of rotatable bonds is 4. The quantitative estimate of drug-likeness (QED) is 0.906. The van der Waals surface area contributed by atoms with Gasteiger partial charge in [0.1, 0.15) is 11.6 Å². The number of pyridine rings is 1. The number of aliphatic hydroxyl groups excluding tert-OH is 1. The summed E-state index contributed by atoms with van der Waals surface area (Å²) in [4.78, 5) is 4.33. The zero-order chi connectivity index (χ0) is 15.6. The van der Waals surface area contributed by atoms with Crippen LogP contribution in [0.1, 0.15) is 28.5 Å². The van der Waals surface area contributed by atoms with E-state index >= 15 is 0 Å². The average molecular weight is 354 g/mol. The first-order chi connectivity index (χ1) is 9.93. The fourth-order valence-electron chi connectivity index (χ4n) is 2.34. The highest BCUT2D eigenvalue weighted by Gasteiger charge is 2.17. The highest BCUT2D eigenvalue weighted by molar-refractivity contribution is 9.10. The van der Waals surface area contributed by atoms with Gasteiger partial charge in [-0.1, -0.05) is 22.0 Å². The van der Waals surface area contributed by atoms with Crippen LogP contribution in [0.4, 0.5) is 4.39 Å². The van der Waals surface area contributed by atoms with Crippen LogP contribution in [-0.4, -0.2) is 17.2 Å². The summed E-state index contributed by atoms with van der Waals surface area (Å²) >= 11 is 3.20. The van der Waals surface area contributed by atoms with Crippen molar-refractivity contribution in [3.8, 4) is 5.75 Å². The molecule has 0 saturated carbocycles. The standard InChI is InChI=1S/C16H17BrFNO2/c1-9-8-19-14(10(2)16(9)21-3)7-15(20)12-5-4-11(17)6-13(12)18/h4-6,8,15,20H,7H2,1-3H3. The van der Waals surface area contributed by atoms with Crippen molar-refractivity contribution in [2.45, 2.75) is 26.4 Å². The van der Waals surface area contributed by atoms with Crippen molar-refractivity contribution in [2.24, 2.45) is 0 Å². The fraction of sp³-hybridized carbons (Fsp3) is 0.312. The number of aryl methyl sites for hydroxylation is 1. The number of halogens is 2. The van der Waals surface area contributed by atoms with Crippen molar-refractivity contribution in [1.82, 2.24) is 4.98 Å². The average Bonchev–Trinajstić information content (AvgIpc) is 2.42. The van der Waals surface area contributed by atoms with Gasteiger partial charge in [0.15, 0.2) is 0 Å². The maximum absolute atomic E-state index is 13.9. The monoisotopic (exact) mass is 353 g/mol. The van der Waals surface area contributed by atoms with Crippen molar-refractivity contribution in [1.29, 1.82) is 0 Å². The number of nitrogens with zero attached hydrogens (tertiary/aromatic N) is 1. The molecule has 0 radical (unpaired) electrons. The van der Waals surface area contributed by atoms with Crippen LogP contribution in [0.25, 0.3) is 0 Å². The van der Waals surface area contributed by atoms with Crippen LogP contribution >= 0.6 is 15.9 Å². The van der Waals surface area contributed by atoms with Gasteiger partial charge in [-0.15, -0.1) is 0 Å². The van der Waals surface area contributed by atoms with Gasteiger partial charge >= 0.3 is 0 Å². The molecular weight excluding hydrogens is 337 g/mol. The predicted molar refractivity (Wildman–Crippen MR) is 83.0 cm³/mol. The minimum absolute atomic E-state index is 0.237. The van der Waals surface area contributed by atoms with Crippen LogP contribution in [0.5, 0.6) is 5.75 Å². The molecule has 21 heavy (non-hydrogen) atoms. The number of aliphatic hydroxyl groups is 1. The van der Waals surface area contributed by atoms with Gasteiger partial charge in [-0.05, 0) is 26.0 Å². The van der Waals surface area contributed by atoms with Gasteiger partial charge in [-0.3, -0.25) is 4.98 Å². The van der Waals surface area contributed by atoms with Gasteiger partial charge in [0.05, 0.1) is 13.2 Å². The van der Waals surface area contributed by atoms with Crippen LogP contribution in [0.15, 0.2) is 28.9 Å². The fourth-order valence-corrected chi connectivity index (χ4v) is 2.67. The van der Waals surface area contributed by atoms with Gasteiger partial charge < -0.3 is 9.84 Å². The Hall–Kier alpha value is -1.46. The van der Waals surface area contributed by atoms with E-state index in [4.69, 9.17) is 4.74 Å². The molecule has 1 N–H and O–H groups in total. The third-order valence-electron chi connectivity index (χ3n) is 3.46. The molecular formula is C16H17BrFNO2. The number of benzene rings is 1. The number of methoxy groups -OCH3 is 1. The van der Waals surface area contributed by atoms with Gasteiger partial charge in [0.2, 0.25) is 0 Å². The molecule has 3 nitrogen and oxygen atoms in total. The van der Waals surface area contributed by atoms with Crippen molar-refractivity contribution >= 4 is 15.9 Å². The second-order valence-corrected chi connectivity index (χ2v) is 5.85. The highest BCUT2D eigenvalue weighted by Crippen LogP contribution is 2.28. The summed E-state index contributed by atoms with van der Waals surface area (Å²) in [5.74, 6) is 0.317. The normalized spacial score (nSPS) is 12.3. The van der Waals surface area contributed by atoms with Crippen molar-refractivity contribution in [2.75, 3.05) is 7.11 Å². The Morgan fingerprint density at radius 3 is 2.71 bits per heavy atom. The largest absolute Gasteiger partial charge is 0.496 e. The molecule has 2 aromatic rings. The molecule has 1 atom stereocenters. The molecule has 112 valence electrons. The molecule has 5 heteroatoms. The molecule has 2 rings (SSSR count). The molecule has 0 aliphatic heterocycles. The lowest BCUT2D eigenvalue weighted by Gasteiger charge is -2.16. The Bertz CT molecular complexity index is 661. The second kappa shape index (κ2) is 6.54.